The van der Waals surface area contributed by atoms with E-state index in [0.717, 1.165) is 0 Å². The molecule has 2 heterocycles. The van der Waals surface area contributed by atoms with Gasteiger partial charge >= 0.3 is 0 Å². The van der Waals surface area contributed by atoms with Crippen LogP contribution >= 0.6 is 11.3 Å². The van der Waals surface area contributed by atoms with Crippen molar-refractivity contribution in [3.05, 3.63) is 28.1 Å². The highest BCUT2D eigenvalue weighted by Crippen LogP contribution is 1.99. The average Bonchev–Trinajstić information content (AvgIpc) is 2.36. The lowest BCUT2D eigenvalue weighted by Gasteiger charge is -1.83. The Morgan fingerprint density at radius 1 is 1.60 bits per heavy atom. The van der Waals surface area contributed by atoms with Crippen LogP contribution in [0.15, 0.2) is 22.6 Å². The monoisotopic (exact) mass is 153 g/mol. The van der Waals surface area contributed by atoms with Crippen molar-refractivity contribution >= 4 is 16.3 Å². The maximum absolute atomic E-state index is 10.9. The van der Waals surface area contributed by atoms with E-state index in [1.165, 1.54) is 28.1 Å². The smallest absolute Gasteiger partial charge is 0.267 e. The maximum atomic E-state index is 10.9. The zero-order valence-corrected chi connectivity index (χ0v) is 5.71. The molecule has 0 N–H and O–H groups in total. The van der Waals surface area contributed by atoms with Gasteiger partial charge in [0, 0.05) is 12.3 Å². The third-order valence-corrected chi connectivity index (χ3v) is 1.80. The summed E-state index contributed by atoms with van der Waals surface area (Å²) < 4.78 is 1.27. The van der Waals surface area contributed by atoms with Gasteiger partial charge in [0.1, 0.15) is 5.51 Å². The minimum absolute atomic E-state index is 0.133. The number of hydrogen-bond donors (Lipinski definition) is 0. The Labute approximate surface area is 59.8 Å². The number of nitrogens with zero attached hydrogens (tertiary/aromatic N) is 3. The van der Waals surface area contributed by atoms with Gasteiger partial charge in [-0.3, -0.25) is 4.79 Å². The van der Waals surface area contributed by atoms with Gasteiger partial charge < -0.3 is 0 Å². The molecule has 0 aliphatic heterocycles. The summed E-state index contributed by atoms with van der Waals surface area (Å²) in [6.45, 7) is 0. The van der Waals surface area contributed by atoms with E-state index >= 15 is 0 Å². The van der Waals surface area contributed by atoms with Gasteiger partial charge in [-0.25, -0.2) is 4.98 Å². The highest BCUT2D eigenvalue weighted by Gasteiger charge is 1.95. The molecule has 0 fully saturated rings. The molecule has 0 amide bonds. The summed E-state index contributed by atoms with van der Waals surface area (Å²) >= 11 is 1.34. The molecule has 2 aromatic heterocycles. The number of hydrogen-bond acceptors (Lipinski definition) is 4. The molecular formula is C5H3N3OS. The second-order valence-corrected chi connectivity index (χ2v) is 2.53. The van der Waals surface area contributed by atoms with Crippen molar-refractivity contribution < 1.29 is 0 Å². The molecule has 0 bridgehead atoms. The SMILES string of the molecule is O=c1ccnc2scnn12. The van der Waals surface area contributed by atoms with Gasteiger partial charge in [0.05, 0.1) is 0 Å². The lowest BCUT2D eigenvalue weighted by Crippen LogP contribution is -2.11. The third kappa shape index (κ3) is 0.640. The number of rotatable bonds is 0. The molecule has 0 spiro atoms. The molecule has 0 aliphatic rings. The summed E-state index contributed by atoms with van der Waals surface area (Å²) in [6.07, 6.45) is 1.48. The minimum Gasteiger partial charge on any atom is -0.267 e. The number of fused-ring (bicyclic) bond motifs is 1. The van der Waals surface area contributed by atoms with E-state index in [1.807, 2.05) is 0 Å². The van der Waals surface area contributed by atoms with Gasteiger partial charge in [0.25, 0.3) is 5.56 Å². The fourth-order valence-corrected chi connectivity index (χ4v) is 1.28. The van der Waals surface area contributed by atoms with Gasteiger partial charge in [-0.05, 0) is 0 Å². The van der Waals surface area contributed by atoms with Crippen molar-refractivity contribution in [3.63, 3.8) is 0 Å². The van der Waals surface area contributed by atoms with E-state index in [1.54, 1.807) is 5.51 Å². The van der Waals surface area contributed by atoms with E-state index in [2.05, 4.69) is 10.1 Å². The first-order valence-electron chi connectivity index (χ1n) is 2.65. The maximum Gasteiger partial charge on any atom is 0.275 e. The normalized spacial score (nSPS) is 10.4. The number of aromatic nitrogens is 3. The van der Waals surface area contributed by atoms with Crippen molar-refractivity contribution in [2.75, 3.05) is 0 Å². The topological polar surface area (TPSA) is 47.3 Å². The third-order valence-electron chi connectivity index (χ3n) is 1.11. The van der Waals surface area contributed by atoms with E-state index in [4.69, 9.17) is 0 Å². The Bertz CT molecular complexity index is 404. The lowest BCUT2D eigenvalue weighted by molar-refractivity contribution is 0.899. The van der Waals surface area contributed by atoms with E-state index in [9.17, 15) is 4.79 Å². The van der Waals surface area contributed by atoms with Crippen LogP contribution in [0.4, 0.5) is 0 Å². The highest BCUT2D eigenvalue weighted by molar-refractivity contribution is 7.14. The molecule has 0 radical (unpaired) electrons. The van der Waals surface area contributed by atoms with Crippen LogP contribution < -0.4 is 5.56 Å². The first kappa shape index (κ1) is 5.55. The fourth-order valence-electron chi connectivity index (χ4n) is 0.689. The summed E-state index contributed by atoms with van der Waals surface area (Å²) in [5, 5.41) is 3.78. The fraction of sp³-hybridized carbons (Fsp3) is 0. The van der Waals surface area contributed by atoms with Gasteiger partial charge in [-0.15, -0.1) is 0 Å². The van der Waals surface area contributed by atoms with Gasteiger partial charge in [-0.2, -0.15) is 9.61 Å². The summed E-state index contributed by atoms with van der Waals surface area (Å²) in [5.74, 6) is 0. The molecule has 0 aromatic carbocycles. The van der Waals surface area contributed by atoms with Crippen LogP contribution in [-0.4, -0.2) is 14.6 Å². The Morgan fingerprint density at radius 2 is 2.50 bits per heavy atom. The highest BCUT2D eigenvalue weighted by atomic mass is 32.1. The summed E-state index contributed by atoms with van der Waals surface area (Å²) in [6, 6.07) is 1.38. The van der Waals surface area contributed by atoms with Crippen LogP contribution in [0, 0.1) is 0 Å². The van der Waals surface area contributed by atoms with Crippen molar-refractivity contribution in [1.82, 2.24) is 14.6 Å². The zero-order valence-electron chi connectivity index (χ0n) is 4.89. The van der Waals surface area contributed by atoms with Crippen LogP contribution in [0.3, 0.4) is 0 Å². The molecule has 50 valence electrons. The molecule has 2 aromatic rings. The van der Waals surface area contributed by atoms with Crippen molar-refractivity contribution in [2.24, 2.45) is 0 Å². The van der Waals surface area contributed by atoms with Crippen LogP contribution in [0.25, 0.3) is 4.96 Å². The lowest BCUT2D eigenvalue weighted by atomic mass is 10.7. The van der Waals surface area contributed by atoms with E-state index in [0.29, 0.717) is 4.96 Å². The second kappa shape index (κ2) is 1.88. The molecule has 0 unspecified atom stereocenters. The average molecular weight is 153 g/mol. The van der Waals surface area contributed by atoms with Crippen molar-refractivity contribution in [1.29, 1.82) is 0 Å². The van der Waals surface area contributed by atoms with Crippen LogP contribution in [0.1, 0.15) is 0 Å². The van der Waals surface area contributed by atoms with Crippen LogP contribution in [0.2, 0.25) is 0 Å². The largest absolute Gasteiger partial charge is 0.275 e. The Kier molecular flexibility index (Phi) is 1.04. The summed E-state index contributed by atoms with van der Waals surface area (Å²) in [4.78, 5) is 15.5. The molecule has 10 heavy (non-hydrogen) atoms. The molecule has 5 heteroatoms. The first-order valence-corrected chi connectivity index (χ1v) is 3.53. The van der Waals surface area contributed by atoms with Gasteiger partial charge in [0.2, 0.25) is 4.96 Å². The Hall–Kier alpha value is -1.23. The Morgan fingerprint density at radius 3 is 3.30 bits per heavy atom. The predicted molar refractivity (Wildman–Crippen MR) is 37.1 cm³/mol. The standard InChI is InChI=1S/C5H3N3OS/c9-4-1-2-6-5-8(4)7-3-10-5/h1-3H. The zero-order chi connectivity index (χ0) is 6.97. The molecule has 0 atom stereocenters. The van der Waals surface area contributed by atoms with Gasteiger partial charge in [-0.1, -0.05) is 11.3 Å². The minimum atomic E-state index is -0.133. The quantitative estimate of drug-likeness (QED) is 0.541. The van der Waals surface area contributed by atoms with E-state index in [-0.39, 0.29) is 5.56 Å². The first-order chi connectivity index (χ1) is 4.88. The summed E-state index contributed by atoms with van der Waals surface area (Å²) in [7, 11) is 0. The summed E-state index contributed by atoms with van der Waals surface area (Å²) in [5.41, 5.74) is 1.45. The molecule has 4 nitrogen and oxygen atoms in total. The predicted octanol–water partition coefficient (Wildman–Crippen LogP) is 0.151. The molecule has 2 rings (SSSR count). The van der Waals surface area contributed by atoms with Gasteiger partial charge in [0.15, 0.2) is 0 Å². The molecule has 0 aliphatic carbocycles. The van der Waals surface area contributed by atoms with E-state index < -0.39 is 0 Å². The van der Waals surface area contributed by atoms with Crippen molar-refractivity contribution in [2.45, 2.75) is 0 Å². The van der Waals surface area contributed by atoms with Crippen LogP contribution in [-0.2, 0) is 0 Å². The molecule has 0 saturated heterocycles. The Balaban J connectivity index is 3.09. The second-order valence-electron chi connectivity index (χ2n) is 1.72. The van der Waals surface area contributed by atoms with Crippen LogP contribution in [0.5, 0.6) is 0 Å². The molecule has 0 saturated carbocycles. The molecular weight excluding hydrogens is 150 g/mol. The van der Waals surface area contributed by atoms with Crippen molar-refractivity contribution in [3.8, 4) is 0 Å².